The fraction of sp³-hybridized carbons (Fsp3) is 0.458. The van der Waals surface area contributed by atoms with Crippen LogP contribution in [-0.2, 0) is 6.54 Å². The zero-order valence-electron chi connectivity index (χ0n) is 18.5. The average Bonchev–Trinajstić information content (AvgIpc) is 3.47. The highest BCUT2D eigenvalue weighted by Crippen LogP contribution is 2.54. The summed E-state index contributed by atoms with van der Waals surface area (Å²) in [4.78, 5) is 19.8. The van der Waals surface area contributed by atoms with Crippen molar-refractivity contribution in [2.75, 3.05) is 23.3 Å². The van der Waals surface area contributed by atoms with Crippen LogP contribution in [0.1, 0.15) is 48.2 Å². The Morgan fingerprint density at radius 1 is 1.09 bits per heavy atom. The number of pyridine rings is 1. The SMILES string of the molecule is Cc1nn(CCC(F)(F)F)c2nc(NC(=O)c3ccccc3N3CCC4(CC3)CC4)ccc12. The first kappa shape index (κ1) is 21.7. The molecule has 3 heterocycles. The van der Waals surface area contributed by atoms with Crippen molar-refractivity contribution >= 4 is 28.4 Å². The number of halogens is 3. The minimum Gasteiger partial charge on any atom is -0.371 e. The van der Waals surface area contributed by atoms with Gasteiger partial charge in [0.15, 0.2) is 5.65 Å². The standard InChI is InChI=1S/C24H26F3N5O/c1-16-17-6-7-20(28-21(17)32(30-16)15-12-24(25,26)27)29-22(33)18-4-2-3-5-19(18)31-13-10-23(8-9-23)11-14-31/h2-7H,8-15H2,1H3,(H,28,29,33). The number of anilines is 2. The summed E-state index contributed by atoms with van der Waals surface area (Å²) in [6.45, 7) is 3.28. The van der Waals surface area contributed by atoms with Gasteiger partial charge in [-0.3, -0.25) is 4.79 Å². The summed E-state index contributed by atoms with van der Waals surface area (Å²) in [6.07, 6.45) is -0.335. The smallest absolute Gasteiger partial charge is 0.371 e. The van der Waals surface area contributed by atoms with Crippen LogP contribution in [0.15, 0.2) is 36.4 Å². The summed E-state index contributed by atoms with van der Waals surface area (Å²) < 4.78 is 39.4. The van der Waals surface area contributed by atoms with E-state index in [0.29, 0.717) is 27.7 Å². The number of carbonyl (C=O) groups excluding carboxylic acids is 1. The molecule has 2 aliphatic rings. The Morgan fingerprint density at radius 3 is 2.52 bits per heavy atom. The number of nitrogens with zero attached hydrogens (tertiary/aromatic N) is 4. The molecule has 1 saturated carbocycles. The predicted molar refractivity (Wildman–Crippen MR) is 120 cm³/mol. The van der Waals surface area contributed by atoms with Gasteiger partial charge in [-0.05, 0) is 62.3 Å². The lowest BCUT2D eigenvalue weighted by atomic mass is 9.93. The first-order valence-corrected chi connectivity index (χ1v) is 11.3. The van der Waals surface area contributed by atoms with Crippen LogP contribution in [0.5, 0.6) is 0 Å². The Morgan fingerprint density at radius 2 is 1.82 bits per heavy atom. The fourth-order valence-electron chi connectivity index (χ4n) is 4.69. The number of fused-ring (bicyclic) bond motifs is 1. The summed E-state index contributed by atoms with van der Waals surface area (Å²) in [7, 11) is 0. The molecular weight excluding hydrogens is 431 g/mol. The van der Waals surface area contributed by atoms with Gasteiger partial charge in [0.05, 0.1) is 24.2 Å². The number of piperidine rings is 1. The van der Waals surface area contributed by atoms with Crippen LogP contribution in [0, 0.1) is 12.3 Å². The number of nitrogens with one attached hydrogen (secondary N) is 1. The van der Waals surface area contributed by atoms with E-state index >= 15 is 0 Å². The predicted octanol–water partition coefficient (Wildman–Crippen LogP) is 5.32. The number of benzene rings is 1. The summed E-state index contributed by atoms with van der Waals surface area (Å²) in [5.41, 5.74) is 2.93. The highest BCUT2D eigenvalue weighted by atomic mass is 19.4. The van der Waals surface area contributed by atoms with Crippen molar-refractivity contribution in [3.8, 4) is 0 Å². The summed E-state index contributed by atoms with van der Waals surface area (Å²) in [5.74, 6) is -0.00623. The minimum absolute atomic E-state index is 0.283. The van der Waals surface area contributed by atoms with E-state index in [1.165, 1.54) is 17.5 Å². The van der Waals surface area contributed by atoms with Crippen molar-refractivity contribution in [2.24, 2.45) is 5.41 Å². The minimum atomic E-state index is -4.28. The molecule has 6 nitrogen and oxygen atoms in total. The molecule has 0 bridgehead atoms. The van der Waals surface area contributed by atoms with Gasteiger partial charge < -0.3 is 10.2 Å². The van der Waals surface area contributed by atoms with Gasteiger partial charge in [0.25, 0.3) is 5.91 Å². The second-order valence-electron chi connectivity index (χ2n) is 9.20. The number of alkyl halides is 3. The van der Waals surface area contributed by atoms with Crippen LogP contribution in [0.4, 0.5) is 24.7 Å². The number of carbonyl (C=O) groups is 1. The van der Waals surface area contributed by atoms with E-state index in [2.05, 4.69) is 20.3 Å². The largest absolute Gasteiger partial charge is 0.390 e. The molecule has 1 saturated heterocycles. The molecule has 0 radical (unpaired) electrons. The second-order valence-corrected chi connectivity index (χ2v) is 9.20. The molecule has 1 aliphatic carbocycles. The third-order valence-corrected chi connectivity index (χ3v) is 6.90. The van der Waals surface area contributed by atoms with Gasteiger partial charge >= 0.3 is 6.18 Å². The Balaban J connectivity index is 1.36. The zero-order chi connectivity index (χ0) is 23.2. The number of aromatic nitrogens is 3. The molecule has 0 atom stereocenters. The Bertz CT molecular complexity index is 1190. The van der Waals surface area contributed by atoms with Crippen LogP contribution in [0.2, 0.25) is 0 Å². The van der Waals surface area contributed by atoms with E-state index < -0.39 is 12.6 Å². The van der Waals surface area contributed by atoms with Crippen molar-refractivity contribution in [3.63, 3.8) is 0 Å². The molecule has 1 N–H and O–H groups in total. The Labute approximate surface area is 189 Å². The normalized spacial score (nSPS) is 17.5. The van der Waals surface area contributed by atoms with E-state index in [1.54, 1.807) is 25.1 Å². The first-order valence-electron chi connectivity index (χ1n) is 11.3. The monoisotopic (exact) mass is 457 g/mol. The third-order valence-electron chi connectivity index (χ3n) is 6.90. The molecule has 5 rings (SSSR count). The number of aryl methyl sites for hydroxylation is 2. The number of amides is 1. The van der Waals surface area contributed by atoms with Crippen LogP contribution in [-0.4, -0.2) is 39.9 Å². The summed E-state index contributed by atoms with van der Waals surface area (Å²) >= 11 is 0. The molecule has 3 aromatic rings. The summed E-state index contributed by atoms with van der Waals surface area (Å²) in [5, 5.41) is 7.69. The van der Waals surface area contributed by atoms with Crippen molar-refractivity contribution < 1.29 is 18.0 Å². The van der Waals surface area contributed by atoms with Crippen molar-refractivity contribution in [2.45, 2.75) is 51.7 Å². The topological polar surface area (TPSA) is 63.1 Å². The molecule has 1 aromatic carbocycles. The number of rotatable bonds is 5. The van der Waals surface area contributed by atoms with Gasteiger partial charge in [0.1, 0.15) is 5.82 Å². The molecule has 2 aromatic heterocycles. The molecule has 1 amide bonds. The van der Waals surface area contributed by atoms with E-state index in [1.807, 2.05) is 18.2 Å². The lowest BCUT2D eigenvalue weighted by Crippen LogP contribution is -2.35. The van der Waals surface area contributed by atoms with Gasteiger partial charge in [-0.1, -0.05) is 12.1 Å². The van der Waals surface area contributed by atoms with Crippen LogP contribution in [0.25, 0.3) is 11.0 Å². The Kier molecular flexibility index (Phi) is 5.29. The van der Waals surface area contributed by atoms with Gasteiger partial charge in [-0.25, -0.2) is 9.67 Å². The highest BCUT2D eigenvalue weighted by molar-refractivity contribution is 6.08. The zero-order valence-corrected chi connectivity index (χ0v) is 18.5. The Hall–Kier alpha value is -3.10. The lowest BCUT2D eigenvalue weighted by molar-refractivity contribution is -0.137. The van der Waals surface area contributed by atoms with E-state index in [-0.39, 0.29) is 18.3 Å². The molecule has 1 spiro atoms. The van der Waals surface area contributed by atoms with Crippen LogP contribution in [0.3, 0.4) is 0 Å². The van der Waals surface area contributed by atoms with Gasteiger partial charge in [-0.15, -0.1) is 0 Å². The van der Waals surface area contributed by atoms with E-state index in [9.17, 15) is 18.0 Å². The number of hydrogen-bond acceptors (Lipinski definition) is 4. The van der Waals surface area contributed by atoms with Crippen molar-refractivity contribution in [1.82, 2.24) is 14.8 Å². The molecule has 33 heavy (non-hydrogen) atoms. The van der Waals surface area contributed by atoms with E-state index in [0.717, 1.165) is 31.6 Å². The maximum atomic E-state index is 13.2. The molecule has 174 valence electrons. The first-order chi connectivity index (χ1) is 15.7. The quantitative estimate of drug-likeness (QED) is 0.563. The molecule has 0 unspecified atom stereocenters. The fourth-order valence-corrected chi connectivity index (χ4v) is 4.69. The number of para-hydroxylation sites is 1. The molecule has 9 heteroatoms. The average molecular weight is 458 g/mol. The van der Waals surface area contributed by atoms with Crippen molar-refractivity contribution in [3.05, 3.63) is 47.7 Å². The van der Waals surface area contributed by atoms with Gasteiger partial charge in [0, 0.05) is 24.2 Å². The lowest BCUT2D eigenvalue weighted by Gasteiger charge is -2.34. The molecule has 2 fully saturated rings. The maximum absolute atomic E-state index is 13.2. The molecule has 1 aliphatic heterocycles. The van der Waals surface area contributed by atoms with Crippen LogP contribution < -0.4 is 10.2 Å². The van der Waals surface area contributed by atoms with E-state index in [4.69, 9.17) is 0 Å². The van der Waals surface area contributed by atoms with Crippen molar-refractivity contribution in [1.29, 1.82) is 0 Å². The van der Waals surface area contributed by atoms with Crippen LogP contribution >= 0.6 is 0 Å². The second kappa shape index (κ2) is 8.04. The van der Waals surface area contributed by atoms with Gasteiger partial charge in [-0.2, -0.15) is 18.3 Å². The number of hydrogen-bond donors (Lipinski definition) is 1. The highest BCUT2D eigenvalue weighted by Gasteiger charge is 2.44. The molecular formula is C24H26F3N5O. The maximum Gasteiger partial charge on any atom is 0.390 e. The van der Waals surface area contributed by atoms with Gasteiger partial charge in [0.2, 0.25) is 0 Å². The third kappa shape index (κ3) is 4.54. The summed E-state index contributed by atoms with van der Waals surface area (Å²) in [6, 6.07) is 10.9.